The summed E-state index contributed by atoms with van der Waals surface area (Å²) in [5, 5.41) is 19.2. The standard InChI is InChI=1S/C25H30N2O4/c1-17(25(30)31)20-9-10-22-21(16-20)18(2)24(19-11-13-26-14-12-19)27(22)15-7-5-3-4-6-8-23(28)29/h9-14,16-17H,3-8,15H2,1-2H3,(H,28,29)(H,30,31). The summed E-state index contributed by atoms with van der Waals surface area (Å²) in [6.07, 6.45) is 8.55. The molecule has 0 aliphatic carbocycles. The molecule has 164 valence electrons. The molecule has 0 aliphatic rings. The zero-order chi connectivity index (χ0) is 22.4. The molecule has 0 fully saturated rings. The van der Waals surface area contributed by atoms with E-state index in [0.717, 1.165) is 71.9 Å². The van der Waals surface area contributed by atoms with Gasteiger partial charge in [-0.25, -0.2) is 0 Å². The lowest BCUT2D eigenvalue weighted by Gasteiger charge is -2.12. The second-order valence-electron chi connectivity index (χ2n) is 8.11. The number of pyridine rings is 1. The van der Waals surface area contributed by atoms with Gasteiger partial charge in [0.1, 0.15) is 0 Å². The van der Waals surface area contributed by atoms with Gasteiger partial charge in [0, 0.05) is 41.8 Å². The molecule has 0 spiro atoms. The van der Waals surface area contributed by atoms with Gasteiger partial charge >= 0.3 is 11.9 Å². The smallest absolute Gasteiger partial charge is 0.310 e. The van der Waals surface area contributed by atoms with Gasteiger partial charge < -0.3 is 14.8 Å². The highest BCUT2D eigenvalue weighted by atomic mass is 16.4. The lowest BCUT2D eigenvalue weighted by Crippen LogP contribution is -2.07. The summed E-state index contributed by atoms with van der Waals surface area (Å²) in [6.45, 7) is 4.66. The highest BCUT2D eigenvalue weighted by Crippen LogP contribution is 2.35. The highest BCUT2D eigenvalue weighted by Gasteiger charge is 2.19. The summed E-state index contributed by atoms with van der Waals surface area (Å²) < 4.78 is 2.33. The molecule has 0 aliphatic heterocycles. The van der Waals surface area contributed by atoms with Crippen molar-refractivity contribution in [3.63, 3.8) is 0 Å². The Morgan fingerprint density at radius 2 is 1.68 bits per heavy atom. The summed E-state index contributed by atoms with van der Waals surface area (Å²) in [6, 6.07) is 9.97. The SMILES string of the molecule is Cc1c(-c2ccncc2)n(CCCCCCCC(=O)O)c2ccc(C(C)C(=O)O)cc12. The van der Waals surface area contributed by atoms with Crippen LogP contribution in [0.15, 0.2) is 42.7 Å². The largest absolute Gasteiger partial charge is 0.481 e. The van der Waals surface area contributed by atoms with E-state index in [1.54, 1.807) is 19.3 Å². The molecular formula is C25H30N2O4. The third-order valence-electron chi connectivity index (χ3n) is 5.94. The Balaban J connectivity index is 1.87. The third kappa shape index (κ3) is 5.32. The number of aromatic nitrogens is 2. The first-order valence-corrected chi connectivity index (χ1v) is 10.9. The number of aliphatic carboxylic acids is 2. The normalized spacial score (nSPS) is 12.2. The molecular weight excluding hydrogens is 392 g/mol. The first-order chi connectivity index (χ1) is 14.9. The van der Waals surface area contributed by atoms with Gasteiger partial charge in [-0.15, -0.1) is 0 Å². The van der Waals surface area contributed by atoms with Gasteiger partial charge in [-0.1, -0.05) is 25.3 Å². The first kappa shape index (κ1) is 22.5. The molecule has 0 saturated heterocycles. The van der Waals surface area contributed by atoms with E-state index in [9.17, 15) is 14.7 Å². The van der Waals surface area contributed by atoms with Gasteiger partial charge in [0.15, 0.2) is 0 Å². The van der Waals surface area contributed by atoms with Crippen LogP contribution in [0.5, 0.6) is 0 Å². The van der Waals surface area contributed by atoms with Crippen LogP contribution in [0.4, 0.5) is 0 Å². The van der Waals surface area contributed by atoms with Crippen molar-refractivity contribution in [1.29, 1.82) is 0 Å². The van der Waals surface area contributed by atoms with Crippen molar-refractivity contribution in [2.75, 3.05) is 0 Å². The fraction of sp³-hybridized carbons (Fsp3) is 0.400. The third-order valence-corrected chi connectivity index (χ3v) is 5.94. The van der Waals surface area contributed by atoms with E-state index in [4.69, 9.17) is 5.11 Å². The van der Waals surface area contributed by atoms with Crippen LogP contribution in [0, 0.1) is 6.92 Å². The number of carboxylic acid groups (broad SMARTS) is 2. The Bertz CT molecular complexity index is 1060. The molecule has 1 unspecified atom stereocenters. The fourth-order valence-corrected chi connectivity index (χ4v) is 4.14. The van der Waals surface area contributed by atoms with Gasteiger partial charge in [-0.05, 0) is 62.1 Å². The molecule has 2 aromatic heterocycles. The lowest BCUT2D eigenvalue weighted by molar-refractivity contribution is -0.138. The van der Waals surface area contributed by atoms with Gasteiger partial charge in [0.25, 0.3) is 0 Å². The molecule has 31 heavy (non-hydrogen) atoms. The number of unbranched alkanes of at least 4 members (excludes halogenated alkanes) is 4. The van der Waals surface area contributed by atoms with E-state index in [1.165, 1.54) is 0 Å². The quantitative estimate of drug-likeness (QED) is 0.391. The Kier molecular flexibility index (Phi) is 7.45. The monoisotopic (exact) mass is 422 g/mol. The molecule has 6 heteroatoms. The van der Waals surface area contributed by atoms with E-state index in [-0.39, 0.29) is 6.42 Å². The highest BCUT2D eigenvalue weighted by molar-refractivity contribution is 5.93. The molecule has 2 N–H and O–H groups in total. The molecule has 0 bridgehead atoms. The summed E-state index contributed by atoms with van der Waals surface area (Å²) in [5.74, 6) is -2.11. The Morgan fingerprint density at radius 1 is 1.00 bits per heavy atom. The van der Waals surface area contributed by atoms with Crippen molar-refractivity contribution in [2.24, 2.45) is 0 Å². The van der Waals surface area contributed by atoms with E-state index in [1.807, 2.05) is 30.3 Å². The average Bonchev–Trinajstić information content (AvgIpc) is 3.04. The maximum Gasteiger partial charge on any atom is 0.310 e. The fourth-order valence-electron chi connectivity index (χ4n) is 4.14. The maximum atomic E-state index is 11.5. The number of hydrogen-bond acceptors (Lipinski definition) is 3. The number of carbonyl (C=O) groups is 2. The van der Waals surface area contributed by atoms with Crippen molar-refractivity contribution in [3.05, 3.63) is 53.9 Å². The van der Waals surface area contributed by atoms with E-state index in [2.05, 4.69) is 16.5 Å². The van der Waals surface area contributed by atoms with Crippen LogP contribution in [0.2, 0.25) is 0 Å². The van der Waals surface area contributed by atoms with E-state index >= 15 is 0 Å². The number of hydrogen-bond donors (Lipinski definition) is 2. The molecule has 1 aromatic carbocycles. The molecule has 0 amide bonds. The minimum atomic E-state index is -0.825. The van der Waals surface area contributed by atoms with Gasteiger partial charge in [-0.3, -0.25) is 14.6 Å². The maximum absolute atomic E-state index is 11.5. The minimum Gasteiger partial charge on any atom is -0.481 e. The zero-order valence-electron chi connectivity index (χ0n) is 18.2. The van der Waals surface area contributed by atoms with Crippen molar-refractivity contribution < 1.29 is 19.8 Å². The number of carboxylic acids is 2. The summed E-state index contributed by atoms with van der Waals surface area (Å²) in [7, 11) is 0. The minimum absolute atomic E-state index is 0.241. The molecule has 0 radical (unpaired) electrons. The number of fused-ring (bicyclic) bond motifs is 1. The predicted molar refractivity (Wildman–Crippen MR) is 121 cm³/mol. The predicted octanol–water partition coefficient (Wildman–Crippen LogP) is 5.63. The molecule has 3 rings (SSSR count). The van der Waals surface area contributed by atoms with Crippen LogP contribution in [0.3, 0.4) is 0 Å². The Morgan fingerprint density at radius 3 is 2.35 bits per heavy atom. The van der Waals surface area contributed by atoms with Gasteiger partial charge in [0.05, 0.1) is 11.6 Å². The summed E-state index contributed by atoms with van der Waals surface area (Å²) in [5.41, 5.74) is 5.29. The van der Waals surface area contributed by atoms with Gasteiger partial charge in [-0.2, -0.15) is 0 Å². The van der Waals surface area contributed by atoms with Crippen LogP contribution < -0.4 is 0 Å². The Hall–Kier alpha value is -3.15. The first-order valence-electron chi connectivity index (χ1n) is 10.9. The van der Waals surface area contributed by atoms with Crippen LogP contribution in [-0.2, 0) is 16.1 Å². The molecule has 3 aromatic rings. The van der Waals surface area contributed by atoms with Crippen LogP contribution in [0.25, 0.3) is 22.2 Å². The number of nitrogens with zero attached hydrogens (tertiary/aromatic N) is 2. The zero-order valence-corrected chi connectivity index (χ0v) is 18.2. The molecule has 6 nitrogen and oxygen atoms in total. The van der Waals surface area contributed by atoms with Crippen molar-refractivity contribution in [1.82, 2.24) is 9.55 Å². The van der Waals surface area contributed by atoms with Crippen molar-refractivity contribution in [3.8, 4) is 11.3 Å². The van der Waals surface area contributed by atoms with Gasteiger partial charge in [0.2, 0.25) is 0 Å². The van der Waals surface area contributed by atoms with Crippen LogP contribution in [0.1, 0.15) is 62.5 Å². The topological polar surface area (TPSA) is 92.4 Å². The second-order valence-corrected chi connectivity index (χ2v) is 8.11. The van der Waals surface area contributed by atoms with E-state index in [0.29, 0.717) is 0 Å². The van der Waals surface area contributed by atoms with Crippen LogP contribution in [-0.4, -0.2) is 31.7 Å². The Labute approximate surface area is 182 Å². The number of benzene rings is 1. The summed E-state index contributed by atoms with van der Waals surface area (Å²) in [4.78, 5) is 26.2. The molecule has 0 saturated carbocycles. The second kappa shape index (κ2) is 10.2. The molecule has 1 atom stereocenters. The van der Waals surface area contributed by atoms with Crippen LogP contribution >= 0.6 is 0 Å². The van der Waals surface area contributed by atoms with Crippen molar-refractivity contribution >= 4 is 22.8 Å². The average molecular weight is 423 g/mol. The lowest BCUT2D eigenvalue weighted by atomic mass is 9.98. The molecule has 2 heterocycles. The number of aryl methyl sites for hydroxylation is 2. The number of rotatable bonds is 11. The van der Waals surface area contributed by atoms with Crippen molar-refractivity contribution in [2.45, 2.75) is 64.8 Å². The van der Waals surface area contributed by atoms with E-state index < -0.39 is 17.9 Å². The summed E-state index contributed by atoms with van der Waals surface area (Å²) >= 11 is 0.